The first kappa shape index (κ1) is 20.7. The van der Waals surface area contributed by atoms with Gasteiger partial charge in [0, 0.05) is 18.7 Å². The van der Waals surface area contributed by atoms with Crippen molar-refractivity contribution in [2.24, 2.45) is 0 Å². The molecule has 0 amide bonds. The zero-order chi connectivity index (χ0) is 22.8. The summed E-state index contributed by atoms with van der Waals surface area (Å²) in [6.07, 6.45) is 9.64. The topological polar surface area (TPSA) is 81.5 Å². The number of methoxy groups -OCH3 is 1. The molecule has 0 aliphatic carbocycles. The molecule has 0 unspecified atom stereocenters. The van der Waals surface area contributed by atoms with Crippen LogP contribution >= 0.6 is 0 Å². The van der Waals surface area contributed by atoms with Gasteiger partial charge in [-0.25, -0.2) is 14.6 Å². The molecular formula is C26H24N6O. The Kier molecular flexibility index (Phi) is 5.49. The average molecular weight is 437 g/mol. The molecule has 1 aliphatic heterocycles. The maximum atomic E-state index is 9.53. The van der Waals surface area contributed by atoms with E-state index in [4.69, 9.17) is 14.8 Å². The number of fused-ring (bicyclic) bond motifs is 1. The number of imidazole rings is 1. The van der Waals surface area contributed by atoms with E-state index in [1.54, 1.807) is 13.4 Å². The lowest BCUT2D eigenvalue weighted by Crippen LogP contribution is -2.18. The molecule has 2 aromatic carbocycles. The van der Waals surface area contributed by atoms with E-state index in [1.165, 1.54) is 0 Å². The van der Waals surface area contributed by atoms with Crippen LogP contribution in [-0.2, 0) is 6.54 Å². The summed E-state index contributed by atoms with van der Waals surface area (Å²) in [5.74, 6) is 2.44. The van der Waals surface area contributed by atoms with Gasteiger partial charge in [-0.15, -0.1) is 0 Å². The summed E-state index contributed by atoms with van der Waals surface area (Å²) < 4.78 is 9.54. The van der Waals surface area contributed by atoms with E-state index in [1.807, 2.05) is 77.0 Å². The van der Waals surface area contributed by atoms with E-state index >= 15 is 0 Å². The lowest BCUT2D eigenvalue weighted by atomic mass is 9.88. The molecule has 0 radical (unpaired) electrons. The van der Waals surface area contributed by atoms with Crippen molar-refractivity contribution in [1.82, 2.24) is 24.3 Å². The fourth-order valence-electron chi connectivity index (χ4n) is 4.37. The minimum atomic E-state index is 0.0854. The minimum Gasteiger partial charge on any atom is -0.495 e. The van der Waals surface area contributed by atoms with Gasteiger partial charge in [-0.2, -0.15) is 10.4 Å². The Labute approximate surface area is 192 Å². The maximum absolute atomic E-state index is 9.53. The first-order chi connectivity index (χ1) is 16.2. The van der Waals surface area contributed by atoms with Crippen molar-refractivity contribution in [2.45, 2.75) is 32.2 Å². The van der Waals surface area contributed by atoms with Crippen molar-refractivity contribution in [3.63, 3.8) is 0 Å². The second-order valence-electron chi connectivity index (χ2n) is 8.13. The number of ether oxygens (including phenoxy) is 1. The molecule has 1 atom stereocenters. The Morgan fingerprint density at radius 1 is 1.18 bits per heavy atom. The second kappa shape index (κ2) is 8.75. The van der Waals surface area contributed by atoms with Crippen molar-refractivity contribution in [3.05, 3.63) is 89.0 Å². The lowest BCUT2D eigenvalue weighted by molar-refractivity contribution is 0.413. The number of rotatable bonds is 5. The summed E-state index contributed by atoms with van der Waals surface area (Å²) in [4.78, 5) is 9.12. The molecule has 4 aromatic rings. The highest BCUT2D eigenvalue weighted by atomic mass is 16.5. The van der Waals surface area contributed by atoms with Crippen molar-refractivity contribution in [2.75, 3.05) is 7.11 Å². The Morgan fingerprint density at radius 3 is 2.85 bits per heavy atom. The van der Waals surface area contributed by atoms with Crippen LogP contribution in [0.4, 0.5) is 0 Å². The molecule has 7 heteroatoms. The van der Waals surface area contributed by atoms with E-state index in [2.05, 4.69) is 11.1 Å². The molecule has 0 spiro atoms. The van der Waals surface area contributed by atoms with E-state index in [0.717, 1.165) is 53.5 Å². The fourth-order valence-corrected chi connectivity index (χ4v) is 4.37. The summed E-state index contributed by atoms with van der Waals surface area (Å²) in [7, 11) is 1.67. The molecule has 0 saturated carbocycles. The molecule has 0 bridgehead atoms. The normalized spacial score (nSPS) is 15.4. The smallest absolute Gasteiger partial charge is 0.174 e. The number of aryl methyl sites for hydroxylation is 2. The van der Waals surface area contributed by atoms with Gasteiger partial charge in [0.1, 0.15) is 11.6 Å². The average Bonchev–Trinajstić information content (AvgIpc) is 3.48. The number of hydrogen-bond donors (Lipinski definition) is 0. The zero-order valence-corrected chi connectivity index (χ0v) is 18.6. The third-order valence-electron chi connectivity index (χ3n) is 5.97. The third-order valence-corrected chi connectivity index (χ3v) is 5.97. The van der Waals surface area contributed by atoms with Crippen LogP contribution in [0.15, 0.2) is 55.0 Å². The van der Waals surface area contributed by atoms with Gasteiger partial charge in [-0.3, -0.25) is 0 Å². The predicted molar refractivity (Wildman–Crippen MR) is 126 cm³/mol. The molecule has 0 fully saturated rings. The summed E-state index contributed by atoms with van der Waals surface area (Å²) >= 11 is 0. The van der Waals surface area contributed by atoms with Gasteiger partial charge in [0.25, 0.3) is 0 Å². The molecule has 0 N–H and O–H groups in total. The Balaban J connectivity index is 1.42. The van der Waals surface area contributed by atoms with Crippen LogP contribution < -0.4 is 4.74 Å². The molecule has 7 nitrogen and oxygen atoms in total. The number of nitrogens with zero attached hydrogens (tertiary/aromatic N) is 6. The Morgan fingerprint density at radius 2 is 2.06 bits per heavy atom. The predicted octanol–water partition coefficient (Wildman–Crippen LogP) is 4.75. The highest BCUT2D eigenvalue weighted by Gasteiger charge is 2.27. The highest BCUT2D eigenvalue weighted by Crippen LogP contribution is 2.34. The Bertz CT molecular complexity index is 1370. The number of nitriles is 1. The van der Waals surface area contributed by atoms with E-state index in [9.17, 15) is 5.26 Å². The van der Waals surface area contributed by atoms with Gasteiger partial charge in [0.15, 0.2) is 5.82 Å². The van der Waals surface area contributed by atoms with Gasteiger partial charge in [0.05, 0.1) is 36.5 Å². The molecule has 2 aromatic heterocycles. The number of benzene rings is 2. The molecule has 3 heterocycles. The monoisotopic (exact) mass is 436 g/mol. The maximum Gasteiger partial charge on any atom is 0.174 e. The molecule has 164 valence electrons. The van der Waals surface area contributed by atoms with E-state index < -0.39 is 0 Å². The Hall–Kier alpha value is -4.18. The first-order valence-electron chi connectivity index (χ1n) is 11.0. The van der Waals surface area contributed by atoms with Crippen LogP contribution in [0.5, 0.6) is 5.75 Å². The van der Waals surface area contributed by atoms with Crippen LogP contribution in [0, 0.1) is 18.3 Å². The SMILES string of the molecule is COc1cc(/C=C/c2nc3n(n2)CCC[C@H]3c2ccccc2C#N)ccc1-n1cnc(C)c1. The molecule has 5 rings (SSSR count). The van der Waals surface area contributed by atoms with Gasteiger partial charge in [0.2, 0.25) is 0 Å². The van der Waals surface area contributed by atoms with Crippen LogP contribution in [0.2, 0.25) is 0 Å². The van der Waals surface area contributed by atoms with Gasteiger partial charge < -0.3 is 9.30 Å². The van der Waals surface area contributed by atoms with E-state index in [0.29, 0.717) is 11.4 Å². The molecule has 33 heavy (non-hydrogen) atoms. The summed E-state index contributed by atoms with van der Waals surface area (Å²) in [6, 6.07) is 16.1. The zero-order valence-electron chi connectivity index (χ0n) is 18.6. The van der Waals surface area contributed by atoms with Crippen LogP contribution in [0.25, 0.3) is 17.8 Å². The van der Waals surface area contributed by atoms with Crippen molar-refractivity contribution >= 4 is 12.2 Å². The van der Waals surface area contributed by atoms with Gasteiger partial charge in [-0.05, 0) is 55.2 Å². The standard InChI is InChI=1S/C26H24N6O/c1-18-16-31(17-28-18)23-11-9-19(14-24(23)33-2)10-12-25-29-26-22(8-5-13-32(26)30-25)21-7-4-3-6-20(21)15-27/h3-4,6-7,9-12,14,16-17,22H,5,8,13H2,1-2H3/b12-10+/t22-/m0/s1. The number of aromatic nitrogens is 5. The second-order valence-corrected chi connectivity index (χ2v) is 8.13. The van der Waals surface area contributed by atoms with Crippen molar-refractivity contribution < 1.29 is 4.74 Å². The van der Waals surface area contributed by atoms with Gasteiger partial charge in [-0.1, -0.05) is 30.3 Å². The quantitative estimate of drug-likeness (QED) is 0.451. The van der Waals surface area contributed by atoms with Crippen LogP contribution in [0.1, 0.15) is 52.8 Å². The summed E-state index contributed by atoms with van der Waals surface area (Å²) in [5.41, 5.74) is 4.61. The largest absolute Gasteiger partial charge is 0.495 e. The molecule has 1 aliphatic rings. The summed E-state index contributed by atoms with van der Waals surface area (Å²) in [6.45, 7) is 2.80. The van der Waals surface area contributed by atoms with E-state index in [-0.39, 0.29) is 5.92 Å². The number of hydrogen-bond acceptors (Lipinski definition) is 5. The van der Waals surface area contributed by atoms with Crippen molar-refractivity contribution in [1.29, 1.82) is 5.26 Å². The van der Waals surface area contributed by atoms with Crippen LogP contribution in [-0.4, -0.2) is 31.4 Å². The first-order valence-corrected chi connectivity index (χ1v) is 11.0. The molecular weight excluding hydrogens is 412 g/mol. The van der Waals surface area contributed by atoms with Crippen molar-refractivity contribution in [3.8, 4) is 17.5 Å². The fraction of sp³-hybridized carbons (Fsp3) is 0.231. The molecule has 0 saturated heterocycles. The third kappa shape index (κ3) is 4.03. The van der Waals surface area contributed by atoms with Crippen LogP contribution in [0.3, 0.4) is 0 Å². The highest BCUT2D eigenvalue weighted by molar-refractivity contribution is 5.69. The lowest BCUT2D eigenvalue weighted by Gasteiger charge is -2.23. The van der Waals surface area contributed by atoms with Gasteiger partial charge >= 0.3 is 0 Å². The minimum absolute atomic E-state index is 0.0854. The summed E-state index contributed by atoms with van der Waals surface area (Å²) in [5, 5.41) is 14.2.